The average molecular weight is 183 g/mol. The topological polar surface area (TPSA) is 23.5 Å². The van der Waals surface area contributed by atoms with Crippen molar-refractivity contribution in [2.75, 3.05) is 13.6 Å². The molecule has 13 heavy (non-hydrogen) atoms. The molecule has 2 aliphatic rings. The molecule has 0 aromatic heterocycles. The molecule has 2 fully saturated rings. The summed E-state index contributed by atoms with van der Waals surface area (Å²) in [5, 5.41) is 9.65. The zero-order valence-electron chi connectivity index (χ0n) is 8.63. The molecule has 2 nitrogen and oxygen atoms in total. The number of nitrogens with zero attached hydrogens (tertiary/aromatic N) is 1. The number of hydrogen-bond acceptors (Lipinski definition) is 2. The first-order valence-corrected chi connectivity index (χ1v) is 5.62. The van der Waals surface area contributed by atoms with Gasteiger partial charge in [-0.25, -0.2) is 0 Å². The molecule has 1 heterocycles. The van der Waals surface area contributed by atoms with Gasteiger partial charge in [-0.15, -0.1) is 0 Å². The first kappa shape index (κ1) is 9.47. The molecular weight excluding hydrogens is 162 g/mol. The van der Waals surface area contributed by atoms with Crippen molar-refractivity contribution in [3.63, 3.8) is 0 Å². The van der Waals surface area contributed by atoms with E-state index in [9.17, 15) is 5.11 Å². The van der Waals surface area contributed by atoms with Gasteiger partial charge in [0.15, 0.2) is 0 Å². The van der Waals surface area contributed by atoms with Gasteiger partial charge in [-0.05, 0) is 58.5 Å². The predicted octanol–water partition coefficient (Wildman–Crippen LogP) is 1.78. The van der Waals surface area contributed by atoms with Crippen LogP contribution in [0.25, 0.3) is 0 Å². The Labute approximate surface area is 80.9 Å². The van der Waals surface area contributed by atoms with Crippen LogP contribution in [0.3, 0.4) is 0 Å². The molecule has 2 rings (SSSR count). The predicted molar refractivity (Wildman–Crippen MR) is 53.7 cm³/mol. The minimum atomic E-state index is -0.225. The van der Waals surface area contributed by atoms with Gasteiger partial charge in [-0.1, -0.05) is 0 Å². The Morgan fingerprint density at radius 1 is 1.46 bits per heavy atom. The molecule has 1 N–H and O–H groups in total. The van der Waals surface area contributed by atoms with Gasteiger partial charge < -0.3 is 10.0 Å². The second-order valence-corrected chi connectivity index (χ2v) is 4.89. The van der Waals surface area contributed by atoms with E-state index in [0.29, 0.717) is 0 Å². The van der Waals surface area contributed by atoms with E-state index in [-0.39, 0.29) is 5.60 Å². The monoisotopic (exact) mass is 183 g/mol. The van der Waals surface area contributed by atoms with E-state index in [1.807, 2.05) is 0 Å². The molecule has 0 bridgehead atoms. The summed E-state index contributed by atoms with van der Waals surface area (Å²) in [6, 6.07) is 0.808. The molecule has 76 valence electrons. The highest BCUT2D eigenvalue weighted by Crippen LogP contribution is 2.40. The fourth-order valence-electron chi connectivity index (χ4n) is 2.41. The normalized spacial score (nSPS) is 32.3. The summed E-state index contributed by atoms with van der Waals surface area (Å²) < 4.78 is 0. The Kier molecular flexibility index (Phi) is 2.61. The lowest BCUT2D eigenvalue weighted by molar-refractivity contribution is 0.133. The zero-order valence-corrected chi connectivity index (χ0v) is 8.63. The van der Waals surface area contributed by atoms with E-state index in [0.717, 1.165) is 25.3 Å². The van der Waals surface area contributed by atoms with Crippen LogP contribution in [0.15, 0.2) is 0 Å². The standard InChI is InChI=1S/C11H21NO/c1-12-9-3-5-10(12)4-2-6-11(13)7-8-11/h10,13H,2-9H2,1H3. The van der Waals surface area contributed by atoms with Crippen LogP contribution in [0.5, 0.6) is 0 Å². The minimum Gasteiger partial charge on any atom is -0.390 e. The third-order valence-electron chi connectivity index (χ3n) is 3.68. The molecule has 0 amide bonds. The van der Waals surface area contributed by atoms with Gasteiger partial charge >= 0.3 is 0 Å². The molecule has 0 aromatic rings. The zero-order chi connectivity index (χ0) is 9.31. The van der Waals surface area contributed by atoms with Gasteiger partial charge in [0.05, 0.1) is 5.60 Å². The van der Waals surface area contributed by atoms with Crippen molar-refractivity contribution < 1.29 is 5.11 Å². The molecule has 0 spiro atoms. The molecule has 0 aromatic carbocycles. The Morgan fingerprint density at radius 3 is 2.77 bits per heavy atom. The first-order valence-electron chi connectivity index (χ1n) is 5.62. The van der Waals surface area contributed by atoms with E-state index >= 15 is 0 Å². The van der Waals surface area contributed by atoms with Crippen LogP contribution in [0.4, 0.5) is 0 Å². The van der Waals surface area contributed by atoms with Crippen LogP contribution >= 0.6 is 0 Å². The fourth-order valence-corrected chi connectivity index (χ4v) is 2.41. The number of aliphatic hydroxyl groups is 1. The van der Waals surface area contributed by atoms with Gasteiger partial charge in [-0.2, -0.15) is 0 Å². The molecule has 1 aliphatic heterocycles. The molecular formula is C11H21NO. The van der Waals surface area contributed by atoms with Crippen LogP contribution in [0.2, 0.25) is 0 Å². The van der Waals surface area contributed by atoms with Crippen LogP contribution in [0, 0.1) is 0 Å². The van der Waals surface area contributed by atoms with Gasteiger partial charge in [0, 0.05) is 6.04 Å². The lowest BCUT2D eigenvalue weighted by Crippen LogP contribution is -2.25. The second-order valence-electron chi connectivity index (χ2n) is 4.89. The average Bonchev–Trinajstić information content (AvgIpc) is 2.68. The Balaban J connectivity index is 1.62. The highest BCUT2D eigenvalue weighted by Gasteiger charge is 2.39. The molecule has 1 unspecified atom stereocenters. The third kappa shape index (κ3) is 2.44. The van der Waals surface area contributed by atoms with Crippen molar-refractivity contribution >= 4 is 0 Å². The quantitative estimate of drug-likeness (QED) is 0.718. The van der Waals surface area contributed by atoms with Crippen molar-refractivity contribution in [1.82, 2.24) is 4.90 Å². The SMILES string of the molecule is CN1CCCC1CCCC1(O)CC1. The molecule has 2 heteroatoms. The highest BCUT2D eigenvalue weighted by molar-refractivity contribution is 4.93. The maximum atomic E-state index is 9.65. The molecule has 1 saturated heterocycles. The maximum Gasteiger partial charge on any atom is 0.0650 e. The van der Waals surface area contributed by atoms with Gasteiger partial charge in [-0.3, -0.25) is 0 Å². The van der Waals surface area contributed by atoms with E-state index in [4.69, 9.17) is 0 Å². The Hall–Kier alpha value is -0.0800. The van der Waals surface area contributed by atoms with Crippen molar-refractivity contribution in [3.05, 3.63) is 0 Å². The summed E-state index contributed by atoms with van der Waals surface area (Å²) in [5.74, 6) is 0. The lowest BCUT2D eigenvalue weighted by Gasteiger charge is -2.19. The van der Waals surface area contributed by atoms with E-state index in [1.165, 1.54) is 32.2 Å². The largest absolute Gasteiger partial charge is 0.390 e. The Bertz CT molecular complexity index is 177. The summed E-state index contributed by atoms with van der Waals surface area (Å²) in [6.45, 7) is 1.27. The summed E-state index contributed by atoms with van der Waals surface area (Å²) in [5.41, 5.74) is -0.225. The number of likely N-dealkylation sites (tertiary alicyclic amines) is 1. The highest BCUT2D eigenvalue weighted by atomic mass is 16.3. The lowest BCUT2D eigenvalue weighted by atomic mass is 10.0. The summed E-state index contributed by atoms with van der Waals surface area (Å²) in [6.07, 6.45) is 8.38. The number of rotatable bonds is 4. The van der Waals surface area contributed by atoms with E-state index in [2.05, 4.69) is 11.9 Å². The van der Waals surface area contributed by atoms with Crippen molar-refractivity contribution in [1.29, 1.82) is 0 Å². The summed E-state index contributed by atoms with van der Waals surface area (Å²) in [4.78, 5) is 2.47. The second kappa shape index (κ2) is 3.58. The van der Waals surface area contributed by atoms with Crippen molar-refractivity contribution in [2.24, 2.45) is 0 Å². The fraction of sp³-hybridized carbons (Fsp3) is 1.00. The van der Waals surface area contributed by atoms with Crippen molar-refractivity contribution in [2.45, 2.75) is 56.6 Å². The molecule has 0 radical (unpaired) electrons. The van der Waals surface area contributed by atoms with Crippen LogP contribution in [-0.4, -0.2) is 35.2 Å². The number of hydrogen-bond donors (Lipinski definition) is 1. The Morgan fingerprint density at radius 2 is 2.23 bits per heavy atom. The van der Waals surface area contributed by atoms with Crippen LogP contribution < -0.4 is 0 Å². The third-order valence-corrected chi connectivity index (χ3v) is 3.68. The van der Waals surface area contributed by atoms with Gasteiger partial charge in [0.1, 0.15) is 0 Å². The summed E-state index contributed by atoms with van der Waals surface area (Å²) >= 11 is 0. The first-order chi connectivity index (χ1) is 6.20. The molecule has 1 saturated carbocycles. The van der Waals surface area contributed by atoms with Crippen molar-refractivity contribution in [3.8, 4) is 0 Å². The van der Waals surface area contributed by atoms with Gasteiger partial charge in [0.25, 0.3) is 0 Å². The minimum absolute atomic E-state index is 0.225. The maximum absolute atomic E-state index is 9.65. The molecule has 1 atom stereocenters. The van der Waals surface area contributed by atoms with Crippen LogP contribution in [-0.2, 0) is 0 Å². The summed E-state index contributed by atoms with van der Waals surface area (Å²) in [7, 11) is 2.23. The van der Waals surface area contributed by atoms with Crippen LogP contribution in [0.1, 0.15) is 44.9 Å². The van der Waals surface area contributed by atoms with E-state index < -0.39 is 0 Å². The molecule has 1 aliphatic carbocycles. The van der Waals surface area contributed by atoms with Gasteiger partial charge in [0.2, 0.25) is 0 Å². The smallest absolute Gasteiger partial charge is 0.0650 e. The van der Waals surface area contributed by atoms with E-state index in [1.54, 1.807) is 0 Å².